The average molecular weight is 241 g/mol. The van der Waals surface area contributed by atoms with Crippen LogP contribution in [0.25, 0.3) is 5.52 Å². The molecule has 5 heteroatoms. The zero-order chi connectivity index (χ0) is 12.4. The van der Waals surface area contributed by atoms with E-state index in [2.05, 4.69) is 26.7 Å². The maximum Gasteiger partial charge on any atom is 0.0706 e. The molecule has 3 aromatic rings. The number of hydrogen-bond acceptors (Lipinski definition) is 3. The molecule has 0 unspecified atom stereocenters. The van der Waals surface area contributed by atoms with Gasteiger partial charge < -0.3 is 5.32 Å². The number of aromatic amines is 1. The largest absolute Gasteiger partial charge is 0.308 e. The van der Waals surface area contributed by atoms with Crippen molar-refractivity contribution in [3.05, 3.63) is 53.6 Å². The van der Waals surface area contributed by atoms with Crippen molar-refractivity contribution in [2.75, 3.05) is 0 Å². The Morgan fingerprint density at radius 3 is 2.94 bits per heavy atom. The van der Waals surface area contributed by atoms with Crippen molar-refractivity contribution < 1.29 is 0 Å². The van der Waals surface area contributed by atoms with Crippen LogP contribution in [-0.4, -0.2) is 19.8 Å². The Labute approximate surface area is 105 Å². The lowest BCUT2D eigenvalue weighted by Gasteiger charge is -2.02. The van der Waals surface area contributed by atoms with E-state index in [4.69, 9.17) is 0 Å². The maximum atomic E-state index is 4.31. The van der Waals surface area contributed by atoms with Gasteiger partial charge >= 0.3 is 0 Å². The molecule has 0 aliphatic carbocycles. The summed E-state index contributed by atoms with van der Waals surface area (Å²) >= 11 is 0. The highest BCUT2D eigenvalue weighted by atomic mass is 15.2. The first kappa shape index (κ1) is 11.0. The van der Waals surface area contributed by atoms with Crippen LogP contribution in [0.1, 0.15) is 16.8 Å². The molecular weight excluding hydrogens is 226 g/mol. The van der Waals surface area contributed by atoms with E-state index in [1.807, 2.05) is 42.2 Å². The summed E-state index contributed by atoms with van der Waals surface area (Å²) in [6.07, 6.45) is 5.72. The van der Waals surface area contributed by atoms with Gasteiger partial charge in [0.05, 0.1) is 17.9 Å². The van der Waals surface area contributed by atoms with E-state index in [0.717, 1.165) is 24.3 Å². The molecule has 18 heavy (non-hydrogen) atoms. The van der Waals surface area contributed by atoms with E-state index in [1.165, 1.54) is 11.1 Å². The van der Waals surface area contributed by atoms with Gasteiger partial charge in [0.25, 0.3) is 0 Å². The smallest absolute Gasteiger partial charge is 0.0706 e. The lowest BCUT2D eigenvalue weighted by Crippen LogP contribution is -2.12. The standard InChI is InChI=1S/C13H15N5/c1-10-11(8-15-17-10)6-14-7-12-9-16-18-5-3-2-4-13(12)18/h2-5,8-9,14H,6-7H2,1H3,(H,15,17). The van der Waals surface area contributed by atoms with Gasteiger partial charge in [0.1, 0.15) is 0 Å². The summed E-state index contributed by atoms with van der Waals surface area (Å²) in [4.78, 5) is 0. The minimum Gasteiger partial charge on any atom is -0.308 e. The maximum absolute atomic E-state index is 4.31. The van der Waals surface area contributed by atoms with Crippen LogP contribution in [0, 0.1) is 6.92 Å². The predicted molar refractivity (Wildman–Crippen MR) is 69.1 cm³/mol. The van der Waals surface area contributed by atoms with Gasteiger partial charge in [-0.1, -0.05) is 6.07 Å². The summed E-state index contributed by atoms with van der Waals surface area (Å²) < 4.78 is 1.89. The molecule has 0 saturated heterocycles. The molecule has 0 saturated carbocycles. The van der Waals surface area contributed by atoms with Gasteiger partial charge in [-0.25, -0.2) is 4.52 Å². The monoisotopic (exact) mass is 241 g/mol. The fourth-order valence-corrected chi connectivity index (χ4v) is 2.01. The van der Waals surface area contributed by atoms with Crippen molar-refractivity contribution in [1.29, 1.82) is 0 Å². The highest BCUT2D eigenvalue weighted by Crippen LogP contribution is 2.10. The van der Waals surface area contributed by atoms with E-state index in [9.17, 15) is 0 Å². The van der Waals surface area contributed by atoms with Crippen molar-refractivity contribution in [3.8, 4) is 0 Å². The van der Waals surface area contributed by atoms with E-state index in [1.54, 1.807) is 0 Å². The molecule has 0 aliphatic heterocycles. The molecule has 3 rings (SSSR count). The zero-order valence-electron chi connectivity index (χ0n) is 10.2. The van der Waals surface area contributed by atoms with Gasteiger partial charge in [-0.05, 0) is 19.1 Å². The van der Waals surface area contributed by atoms with Gasteiger partial charge in [-0.2, -0.15) is 10.2 Å². The third-order valence-corrected chi connectivity index (χ3v) is 3.07. The summed E-state index contributed by atoms with van der Waals surface area (Å²) in [7, 11) is 0. The SMILES string of the molecule is Cc1[nH]ncc1CNCc1cnn2ccccc12. The Morgan fingerprint density at radius 2 is 2.11 bits per heavy atom. The number of hydrogen-bond donors (Lipinski definition) is 2. The van der Waals surface area contributed by atoms with Crippen LogP contribution in [0.3, 0.4) is 0 Å². The molecule has 0 radical (unpaired) electrons. The number of rotatable bonds is 4. The second-order valence-corrected chi connectivity index (χ2v) is 4.32. The Kier molecular flexibility index (Phi) is 2.82. The second-order valence-electron chi connectivity index (χ2n) is 4.32. The fraction of sp³-hybridized carbons (Fsp3) is 0.231. The summed E-state index contributed by atoms with van der Waals surface area (Å²) in [6.45, 7) is 3.64. The average Bonchev–Trinajstić information content (AvgIpc) is 2.97. The predicted octanol–water partition coefficient (Wildman–Crippen LogP) is 1.66. The number of aromatic nitrogens is 4. The van der Waals surface area contributed by atoms with Gasteiger partial charge in [-0.3, -0.25) is 5.10 Å². The molecule has 0 fully saturated rings. The topological polar surface area (TPSA) is 58.0 Å². The van der Waals surface area contributed by atoms with E-state index < -0.39 is 0 Å². The molecule has 0 bridgehead atoms. The molecule has 2 N–H and O–H groups in total. The van der Waals surface area contributed by atoms with Crippen molar-refractivity contribution in [2.24, 2.45) is 0 Å². The lowest BCUT2D eigenvalue weighted by atomic mass is 10.2. The first-order valence-corrected chi connectivity index (χ1v) is 5.95. The lowest BCUT2D eigenvalue weighted by molar-refractivity contribution is 0.694. The molecule has 0 aromatic carbocycles. The van der Waals surface area contributed by atoms with Crippen molar-refractivity contribution in [1.82, 2.24) is 25.1 Å². The highest BCUT2D eigenvalue weighted by Gasteiger charge is 2.03. The van der Waals surface area contributed by atoms with Crippen molar-refractivity contribution in [2.45, 2.75) is 20.0 Å². The number of fused-ring (bicyclic) bond motifs is 1. The fourth-order valence-electron chi connectivity index (χ4n) is 2.01. The summed E-state index contributed by atoms with van der Waals surface area (Å²) in [5, 5.41) is 14.7. The third-order valence-electron chi connectivity index (χ3n) is 3.07. The summed E-state index contributed by atoms with van der Waals surface area (Å²) in [6, 6.07) is 6.08. The van der Waals surface area contributed by atoms with Crippen LogP contribution < -0.4 is 5.32 Å². The van der Waals surface area contributed by atoms with Crippen molar-refractivity contribution >= 4 is 5.52 Å². The Bertz CT molecular complexity index is 652. The molecule has 3 aromatic heterocycles. The minimum atomic E-state index is 0.804. The number of aryl methyl sites for hydroxylation is 1. The van der Waals surface area contributed by atoms with Crippen LogP contribution in [0.15, 0.2) is 36.8 Å². The molecule has 0 amide bonds. The molecule has 5 nitrogen and oxygen atoms in total. The van der Waals surface area contributed by atoms with Crippen LogP contribution >= 0.6 is 0 Å². The quantitative estimate of drug-likeness (QED) is 0.730. The van der Waals surface area contributed by atoms with Crippen LogP contribution in [-0.2, 0) is 13.1 Å². The van der Waals surface area contributed by atoms with Crippen molar-refractivity contribution in [3.63, 3.8) is 0 Å². The molecule has 0 aliphatic rings. The van der Waals surface area contributed by atoms with Gasteiger partial charge in [0, 0.05) is 36.1 Å². The normalized spacial score (nSPS) is 11.2. The zero-order valence-corrected chi connectivity index (χ0v) is 10.2. The minimum absolute atomic E-state index is 0.804. The number of H-pyrrole nitrogens is 1. The number of nitrogens with zero attached hydrogens (tertiary/aromatic N) is 3. The number of pyridine rings is 1. The van der Waals surface area contributed by atoms with E-state index in [-0.39, 0.29) is 0 Å². The van der Waals surface area contributed by atoms with Crippen LogP contribution in [0.2, 0.25) is 0 Å². The molecule has 3 heterocycles. The Morgan fingerprint density at radius 1 is 1.22 bits per heavy atom. The molecule has 0 spiro atoms. The summed E-state index contributed by atoms with van der Waals surface area (Å²) in [5.41, 5.74) is 4.67. The van der Waals surface area contributed by atoms with E-state index in [0.29, 0.717) is 0 Å². The Hall–Kier alpha value is -2.14. The van der Waals surface area contributed by atoms with Crippen LogP contribution in [0.4, 0.5) is 0 Å². The van der Waals surface area contributed by atoms with Gasteiger partial charge in [0.15, 0.2) is 0 Å². The molecule has 0 atom stereocenters. The molecular formula is C13H15N5. The third kappa shape index (κ3) is 2.00. The molecule has 92 valence electrons. The second kappa shape index (κ2) is 4.62. The first-order chi connectivity index (χ1) is 8.84. The van der Waals surface area contributed by atoms with Crippen LogP contribution in [0.5, 0.6) is 0 Å². The van der Waals surface area contributed by atoms with Gasteiger partial charge in [-0.15, -0.1) is 0 Å². The van der Waals surface area contributed by atoms with E-state index >= 15 is 0 Å². The summed E-state index contributed by atoms with van der Waals surface area (Å²) in [5.74, 6) is 0. The van der Waals surface area contributed by atoms with Gasteiger partial charge in [0.2, 0.25) is 0 Å². The Balaban J connectivity index is 1.68. The first-order valence-electron chi connectivity index (χ1n) is 5.95. The number of nitrogens with one attached hydrogen (secondary N) is 2. The highest BCUT2D eigenvalue weighted by molar-refractivity contribution is 5.53.